The molecule has 0 aromatic carbocycles. The van der Waals surface area contributed by atoms with Gasteiger partial charge in [0.05, 0.1) is 0 Å². The van der Waals surface area contributed by atoms with E-state index in [2.05, 4.69) is 18.9 Å². The van der Waals surface area contributed by atoms with Crippen LogP contribution in [-0.4, -0.2) is 35.6 Å². The maximum atomic E-state index is 10.4. The predicted molar refractivity (Wildman–Crippen MR) is 65.5 cm³/mol. The Bertz CT molecular complexity index is 218. The lowest BCUT2D eigenvalue weighted by Crippen LogP contribution is -2.39. The summed E-state index contributed by atoms with van der Waals surface area (Å²) in [6.45, 7) is 3.39. The van der Waals surface area contributed by atoms with Crippen LogP contribution in [0.5, 0.6) is 0 Å². The third-order valence-corrected chi connectivity index (χ3v) is 3.78. The molecule has 3 nitrogen and oxygen atoms in total. The first-order chi connectivity index (χ1) is 7.61. The van der Waals surface area contributed by atoms with Gasteiger partial charge in [-0.15, -0.1) is 0 Å². The zero-order chi connectivity index (χ0) is 12.0. The molecule has 1 fully saturated rings. The molecule has 1 aliphatic carbocycles. The number of nitrogens with zero attached hydrogens (tertiary/aromatic N) is 1. The maximum absolute atomic E-state index is 10.4. The second-order valence-corrected chi connectivity index (χ2v) is 5.16. The van der Waals surface area contributed by atoms with E-state index in [0.717, 1.165) is 31.3 Å². The van der Waals surface area contributed by atoms with E-state index in [1.54, 1.807) is 0 Å². The van der Waals surface area contributed by atoms with Gasteiger partial charge >= 0.3 is 5.97 Å². The molecule has 1 N–H and O–H groups in total. The Kier molecular flexibility index (Phi) is 5.81. The van der Waals surface area contributed by atoms with E-state index in [1.165, 1.54) is 25.7 Å². The largest absolute Gasteiger partial charge is 0.481 e. The average molecular weight is 227 g/mol. The molecule has 0 aromatic rings. The number of carboxylic acids is 1. The minimum atomic E-state index is -0.673. The summed E-state index contributed by atoms with van der Waals surface area (Å²) in [5.41, 5.74) is 0. The molecule has 0 saturated heterocycles. The van der Waals surface area contributed by atoms with Gasteiger partial charge in [-0.05, 0) is 45.2 Å². The zero-order valence-corrected chi connectivity index (χ0v) is 10.6. The van der Waals surface area contributed by atoms with Crippen LogP contribution in [0.1, 0.15) is 51.9 Å². The fourth-order valence-corrected chi connectivity index (χ4v) is 2.75. The summed E-state index contributed by atoms with van der Waals surface area (Å²) in [6.07, 6.45) is 7.53. The van der Waals surface area contributed by atoms with Gasteiger partial charge in [-0.3, -0.25) is 4.79 Å². The van der Waals surface area contributed by atoms with Crippen LogP contribution in [0.25, 0.3) is 0 Å². The van der Waals surface area contributed by atoms with Crippen LogP contribution in [0.4, 0.5) is 0 Å². The highest BCUT2D eigenvalue weighted by Gasteiger charge is 2.24. The van der Waals surface area contributed by atoms with Gasteiger partial charge in [-0.1, -0.05) is 19.8 Å². The Morgan fingerprint density at radius 2 is 2.00 bits per heavy atom. The lowest BCUT2D eigenvalue weighted by molar-refractivity contribution is -0.137. The van der Waals surface area contributed by atoms with Crippen molar-refractivity contribution in [1.29, 1.82) is 0 Å². The molecule has 1 rings (SSSR count). The van der Waals surface area contributed by atoms with Crippen molar-refractivity contribution < 1.29 is 9.90 Å². The van der Waals surface area contributed by atoms with E-state index in [0.29, 0.717) is 6.42 Å². The van der Waals surface area contributed by atoms with Crippen LogP contribution in [0.3, 0.4) is 0 Å². The smallest absolute Gasteiger partial charge is 0.303 e. The molecule has 1 saturated carbocycles. The van der Waals surface area contributed by atoms with Crippen LogP contribution in [0.2, 0.25) is 0 Å². The Labute approximate surface area is 98.8 Å². The number of aliphatic carboxylic acids is 1. The third kappa shape index (κ3) is 4.52. The van der Waals surface area contributed by atoms with Crippen LogP contribution in [-0.2, 0) is 4.79 Å². The lowest BCUT2D eigenvalue weighted by Gasteiger charge is -2.36. The van der Waals surface area contributed by atoms with Crippen molar-refractivity contribution in [2.24, 2.45) is 5.92 Å². The normalized spacial score (nSPS) is 25.9. The minimum Gasteiger partial charge on any atom is -0.481 e. The number of hydrogen-bond donors (Lipinski definition) is 1. The molecule has 3 heteroatoms. The van der Waals surface area contributed by atoms with E-state index in [-0.39, 0.29) is 0 Å². The summed E-state index contributed by atoms with van der Waals surface area (Å²) in [5.74, 6) is 0.131. The van der Waals surface area contributed by atoms with Crippen molar-refractivity contribution >= 4 is 5.97 Å². The fourth-order valence-electron chi connectivity index (χ4n) is 2.75. The Morgan fingerprint density at radius 3 is 2.62 bits per heavy atom. The highest BCUT2D eigenvalue weighted by atomic mass is 16.4. The summed E-state index contributed by atoms with van der Waals surface area (Å²) >= 11 is 0. The molecule has 0 aliphatic heterocycles. The monoisotopic (exact) mass is 227 g/mol. The average Bonchev–Trinajstić information content (AvgIpc) is 2.24. The van der Waals surface area contributed by atoms with Crippen molar-refractivity contribution in [2.45, 2.75) is 57.9 Å². The second-order valence-electron chi connectivity index (χ2n) is 5.16. The van der Waals surface area contributed by atoms with Gasteiger partial charge in [-0.2, -0.15) is 0 Å². The molecule has 2 atom stereocenters. The fraction of sp³-hybridized carbons (Fsp3) is 0.923. The van der Waals surface area contributed by atoms with E-state index < -0.39 is 5.97 Å². The number of carbonyl (C=O) groups is 1. The van der Waals surface area contributed by atoms with Gasteiger partial charge in [0, 0.05) is 12.5 Å². The van der Waals surface area contributed by atoms with Crippen molar-refractivity contribution in [1.82, 2.24) is 4.90 Å². The highest BCUT2D eigenvalue weighted by Crippen LogP contribution is 2.27. The topological polar surface area (TPSA) is 40.5 Å². The predicted octanol–water partition coefficient (Wildman–Crippen LogP) is 2.75. The summed E-state index contributed by atoms with van der Waals surface area (Å²) in [4.78, 5) is 12.8. The van der Waals surface area contributed by atoms with Crippen molar-refractivity contribution in [3.63, 3.8) is 0 Å². The Hall–Kier alpha value is -0.570. The van der Waals surface area contributed by atoms with Crippen molar-refractivity contribution in [3.05, 3.63) is 0 Å². The molecule has 1 aliphatic rings. The first kappa shape index (κ1) is 13.5. The molecular weight excluding hydrogens is 202 g/mol. The molecule has 0 spiro atoms. The van der Waals surface area contributed by atoms with Gasteiger partial charge in [0.1, 0.15) is 0 Å². The van der Waals surface area contributed by atoms with Crippen LogP contribution < -0.4 is 0 Å². The summed E-state index contributed by atoms with van der Waals surface area (Å²) in [7, 11) is 2.19. The van der Waals surface area contributed by atoms with Crippen LogP contribution in [0, 0.1) is 5.92 Å². The zero-order valence-electron chi connectivity index (χ0n) is 10.6. The number of hydrogen-bond acceptors (Lipinski definition) is 2. The molecule has 94 valence electrons. The molecule has 0 heterocycles. The molecule has 0 bridgehead atoms. The second kappa shape index (κ2) is 6.89. The maximum Gasteiger partial charge on any atom is 0.303 e. The van der Waals surface area contributed by atoms with E-state index in [1.807, 2.05) is 0 Å². The van der Waals surface area contributed by atoms with Gasteiger partial charge in [0.15, 0.2) is 0 Å². The summed E-state index contributed by atoms with van der Waals surface area (Å²) in [6, 6.07) is 0.721. The number of carboxylic acid groups (broad SMARTS) is 1. The third-order valence-electron chi connectivity index (χ3n) is 3.78. The lowest BCUT2D eigenvalue weighted by atomic mass is 9.85. The van der Waals surface area contributed by atoms with E-state index in [4.69, 9.17) is 5.11 Å². The van der Waals surface area contributed by atoms with Crippen molar-refractivity contribution in [3.8, 4) is 0 Å². The molecular formula is C13H25NO2. The van der Waals surface area contributed by atoms with Crippen LogP contribution >= 0.6 is 0 Å². The van der Waals surface area contributed by atoms with Gasteiger partial charge in [0.2, 0.25) is 0 Å². The molecule has 16 heavy (non-hydrogen) atoms. The SMILES string of the molecule is CC1CCCCC1N(C)CCCCC(=O)O. The highest BCUT2D eigenvalue weighted by molar-refractivity contribution is 5.66. The first-order valence-corrected chi connectivity index (χ1v) is 6.53. The summed E-state index contributed by atoms with van der Waals surface area (Å²) < 4.78 is 0. The van der Waals surface area contributed by atoms with Gasteiger partial charge < -0.3 is 10.0 Å². The number of rotatable bonds is 6. The molecule has 0 aromatic heterocycles. The van der Waals surface area contributed by atoms with Crippen LogP contribution in [0.15, 0.2) is 0 Å². The summed E-state index contributed by atoms with van der Waals surface area (Å²) in [5, 5.41) is 8.56. The first-order valence-electron chi connectivity index (χ1n) is 6.53. The number of unbranched alkanes of at least 4 members (excludes halogenated alkanes) is 1. The Morgan fingerprint density at radius 1 is 1.31 bits per heavy atom. The quantitative estimate of drug-likeness (QED) is 0.709. The van der Waals surface area contributed by atoms with E-state index in [9.17, 15) is 4.79 Å². The molecule has 2 unspecified atom stereocenters. The minimum absolute atomic E-state index is 0.314. The molecule has 0 amide bonds. The van der Waals surface area contributed by atoms with Gasteiger partial charge in [-0.25, -0.2) is 0 Å². The van der Waals surface area contributed by atoms with Crippen molar-refractivity contribution in [2.75, 3.05) is 13.6 Å². The van der Waals surface area contributed by atoms with E-state index >= 15 is 0 Å². The standard InChI is InChI=1S/C13H25NO2/c1-11-7-3-4-8-12(11)14(2)10-6-5-9-13(15)16/h11-12H,3-10H2,1-2H3,(H,15,16). The Balaban J connectivity index is 2.17. The molecule has 0 radical (unpaired) electrons. The van der Waals surface area contributed by atoms with Gasteiger partial charge in [0.25, 0.3) is 0 Å².